The molecule has 1 aliphatic rings. The minimum Gasteiger partial charge on any atom is -0.481 e. The predicted octanol–water partition coefficient (Wildman–Crippen LogP) is 2.24. The van der Waals surface area contributed by atoms with Gasteiger partial charge < -0.3 is 15.3 Å². The third kappa shape index (κ3) is 6.37. The van der Waals surface area contributed by atoms with Gasteiger partial charge in [-0.2, -0.15) is 0 Å². The van der Waals surface area contributed by atoms with Crippen LogP contribution < -0.4 is 10.2 Å². The van der Waals surface area contributed by atoms with Gasteiger partial charge in [-0.15, -0.1) is 0 Å². The number of carbonyl (C=O) groups is 4. The lowest BCUT2D eigenvalue weighted by molar-refractivity contribution is -0.141. The molecule has 1 heterocycles. The third-order valence-electron chi connectivity index (χ3n) is 5.54. The van der Waals surface area contributed by atoms with E-state index < -0.39 is 42.7 Å². The first-order valence-electron chi connectivity index (χ1n) is 10.2. The molecule has 2 N–H and O–H groups in total. The van der Waals surface area contributed by atoms with E-state index >= 15 is 0 Å². The normalized spacial score (nSPS) is 18.1. The van der Waals surface area contributed by atoms with Gasteiger partial charge in [0.25, 0.3) is 0 Å². The Morgan fingerprint density at radius 3 is 2.40 bits per heavy atom. The minimum atomic E-state index is -1.43. The van der Waals surface area contributed by atoms with Crippen LogP contribution in [0.25, 0.3) is 0 Å². The van der Waals surface area contributed by atoms with E-state index in [-0.39, 0.29) is 24.0 Å². The van der Waals surface area contributed by atoms with Crippen LogP contribution in [-0.2, 0) is 19.2 Å². The van der Waals surface area contributed by atoms with Crippen LogP contribution in [0.5, 0.6) is 0 Å². The molecule has 7 nitrogen and oxygen atoms in total. The molecule has 8 heteroatoms. The van der Waals surface area contributed by atoms with E-state index in [9.17, 15) is 23.6 Å². The first-order valence-corrected chi connectivity index (χ1v) is 10.2. The number of amides is 1. The number of rotatable bonds is 11. The summed E-state index contributed by atoms with van der Waals surface area (Å²) in [6, 6.07) is 8.35. The molecule has 1 fully saturated rings. The molecule has 1 aliphatic heterocycles. The predicted molar refractivity (Wildman–Crippen MR) is 110 cm³/mol. The molecular weight excluding hydrogens is 391 g/mol. The maximum absolute atomic E-state index is 12.9. The smallest absolute Gasteiger partial charge is 0.305 e. The Hall–Kier alpha value is -2.77. The molecule has 0 bridgehead atoms. The lowest BCUT2D eigenvalue weighted by atomic mass is 9.85. The lowest BCUT2D eigenvalue weighted by Gasteiger charge is -2.24. The molecule has 0 radical (unpaired) electrons. The summed E-state index contributed by atoms with van der Waals surface area (Å²) in [4.78, 5) is 50.3. The van der Waals surface area contributed by atoms with Gasteiger partial charge >= 0.3 is 5.97 Å². The Morgan fingerprint density at radius 1 is 1.17 bits per heavy atom. The Morgan fingerprint density at radius 2 is 1.83 bits per heavy atom. The summed E-state index contributed by atoms with van der Waals surface area (Å²) in [5.41, 5.74) is 1.05. The molecule has 2 unspecified atom stereocenters. The van der Waals surface area contributed by atoms with Crippen molar-refractivity contribution in [2.45, 2.75) is 39.2 Å². The summed E-state index contributed by atoms with van der Waals surface area (Å²) in [6.07, 6.45) is 0.00442. The monoisotopic (exact) mass is 420 g/mol. The fraction of sp³-hybridized carbons (Fsp3) is 0.545. The second kappa shape index (κ2) is 10.8. The fourth-order valence-electron chi connectivity index (χ4n) is 3.70. The number of hydrogen-bond donors (Lipinski definition) is 2. The molecule has 0 spiro atoms. The van der Waals surface area contributed by atoms with E-state index in [1.807, 2.05) is 30.3 Å². The summed E-state index contributed by atoms with van der Waals surface area (Å²) < 4.78 is 12.7. The van der Waals surface area contributed by atoms with Gasteiger partial charge in [0.2, 0.25) is 5.91 Å². The number of Topliss-reactive ketones (excluding diaryl/α,β-unsaturated/α-hetero) is 2. The molecule has 1 amide bonds. The van der Waals surface area contributed by atoms with Crippen molar-refractivity contribution >= 4 is 29.1 Å². The summed E-state index contributed by atoms with van der Waals surface area (Å²) in [5, 5.41) is 11.3. The Labute approximate surface area is 175 Å². The van der Waals surface area contributed by atoms with Crippen molar-refractivity contribution < 1.29 is 28.7 Å². The van der Waals surface area contributed by atoms with E-state index in [2.05, 4.69) is 10.2 Å². The molecule has 1 saturated heterocycles. The average Bonchev–Trinajstić information content (AvgIpc) is 3.21. The van der Waals surface area contributed by atoms with Crippen molar-refractivity contribution in [3.8, 4) is 0 Å². The van der Waals surface area contributed by atoms with Crippen molar-refractivity contribution in [3.63, 3.8) is 0 Å². The molecular formula is C22H29FN2O5. The van der Waals surface area contributed by atoms with Gasteiger partial charge in [-0.25, -0.2) is 4.39 Å². The van der Waals surface area contributed by atoms with Crippen LogP contribution in [0.15, 0.2) is 30.3 Å². The molecule has 164 valence electrons. The standard InChI is InChI=1S/C22H29FN2O5/c1-14(2)17(22(30)24-18(11-21(28)29)20(27)12-23)10-19(26)15-8-9-25(13-15)16-6-4-3-5-7-16/h3-7,14-15,17-18H,8-13H2,1-2H3,(H,24,30)(H,28,29)/t15?,17-,18?/m0/s1. The van der Waals surface area contributed by atoms with Crippen LogP contribution in [0.2, 0.25) is 0 Å². The van der Waals surface area contributed by atoms with Crippen LogP contribution in [0.4, 0.5) is 10.1 Å². The maximum atomic E-state index is 12.9. The second-order valence-corrected chi connectivity index (χ2v) is 8.05. The van der Waals surface area contributed by atoms with E-state index in [4.69, 9.17) is 5.11 Å². The van der Waals surface area contributed by atoms with E-state index in [1.54, 1.807) is 13.8 Å². The van der Waals surface area contributed by atoms with Crippen molar-refractivity contribution in [1.29, 1.82) is 0 Å². The number of halogens is 1. The van der Waals surface area contributed by atoms with Crippen LogP contribution in [0, 0.1) is 17.8 Å². The van der Waals surface area contributed by atoms with Crippen LogP contribution in [0.1, 0.15) is 33.1 Å². The summed E-state index contributed by atoms with van der Waals surface area (Å²) in [5.74, 6) is -4.04. The number of carbonyl (C=O) groups excluding carboxylic acids is 3. The van der Waals surface area contributed by atoms with Gasteiger partial charge in [0.15, 0.2) is 5.78 Å². The molecule has 30 heavy (non-hydrogen) atoms. The van der Waals surface area contributed by atoms with E-state index in [1.165, 1.54) is 0 Å². The number of benzene rings is 1. The van der Waals surface area contributed by atoms with Crippen LogP contribution >= 0.6 is 0 Å². The number of alkyl halides is 1. The van der Waals surface area contributed by atoms with Crippen molar-refractivity contribution in [2.24, 2.45) is 17.8 Å². The number of aliphatic carboxylic acids is 1. The summed E-state index contributed by atoms with van der Waals surface area (Å²) >= 11 is 0. The highest BCUT2D eigenvalue weighted by atomic mass is 19.1. The van der Waals surface area contributed by atoms with Gasteiger partial charge in [0.05, 0.1) is 6.42 Å². The summed E-state index contributed by atoms with van der Waals surface area (Å²) in [6.45, 7) is 3.54. The number of anilines is 1. The number of nitrogens with one attached hydrogen (secondary N) is 1. The van der Waals surface area contributed by atoms with Crippen molar-refractivity contribution in [1.82, 2.24) is 5.32 Å². The zero-order valence-electron chi connectivity index (χ0n) is 17.3. The highest BCUT2D eigenvalue weighted by Crippen LogP contribution is 2.27. The van der Waals surface area contributed by atoms with Crippen molar-refractivity contribution in [3.05, 3.63) is 30.3 Å². The zero-order chi connectivity index (χ0) is 22.3. The van der Waals surface area contributed by atoms with E-state index in [0.29, 0.717) is 13.0 Å². The van der Waals surface area contributed by atoms with E-state index in [0.717, 1.165) is 12.2 Å². The Kier molecular flexibility index (Phi) is 8.50. The first kappa shape index (κ1) is 23.5. The third-order valence-corrected chi connectivity index (χ3v) is 5.54. The molecule has 0 aromatic heterocycles. The molecule has 3 atom stereocenters. The highest BCUT2D eigenvalue weighted by molar-refractivity contribution is 5.94. The van der Waals surface area contributed by atoms with Gasteiger partial charge in [0.1, 0.15) is 18.5 Å². The molecule has 0 aliphatic carbocycles. The summed E-state index contributed by atoms with van der Waals surface area (Å²) in [7, 11) is 0. The van der Waals surface area contributed by atoms with Gasteiger partial charge in [-0.1, -0.05) is 32.0 Å². The number of nitrogens with zero attached hydrogens (tertiary/aromatic N) is 1. The molecule has 2 rings (SSSR count). The number of hydrogen-bond acceptors (Lipinski definition) is 5. The lowest BCUT2D eigenvalue weighted by Crippen LogP contribution is -2.47. The quantitative estimate of drug-likeness (QED) is 0.569. The molecule has 1 aromatic rings. The Bertz CT molecular complexity index is 768. The SMILES string of the molecule is CC(C)[C@H](CC(=O)C1CCN(c2ccccc2)C1)C(=O)NC(CC(=O)O)C(=O)CF. The molecule has 0 saturated carbocycles. The average molecular weight is 420 g/mol. The first-order chi connectivity index (χ1) is 14.2. The van der Waals surface area contributed by atoms with Crippen molar-refractivity contribution in [2.75, 3.05) is 24.7 Å². The largest absolute Gasteiger partial charge is 0.481 e. The number of carboxylic acids is 1. The second-order valence-electron chi connectivity index (χ2n) is 8.05. The Balaban J connectivity index is 2.00. The van der Waals surface area contributed by atoms with Crippen LogP contribution in [-0.4, -0.2) is 54.4 Å². The number of carboxylic acid groups (broad SMARTS) is 1. The van der Waals surface area contributed by atoms with Crippen LogP contribution in [0.3, 0.4) is 0 Å². The van der Waals surface area contributed by atoms with Gasteiger partial charge in [-0.05, 0) is 24.5 Å². The topological polar surface area (TPSA) is 104 Å². The zero-order valence-corrected chi connectivity index (χ0v) is 17.3. The number of para-hydroxylation sites is 1. The van der Waals surface area contributed by atoms with Gasteiger partial charge in [0, 0.05) is 37.0 Å². The maximum Gasteiger partial charge on any atom is 0.305 e. The fourth-order valence-corrected chi connectivity index (χ4v) is 3.70. The molecule has 1 aromatic carbocycles. The van der Waals surface area contributed by atoms with Gasteiger partial charge in [-0.3, -0.25) is 19.2 Å². The highest BCUT2D eigenvalue weighted by Gasteiger charge is 2.34. The minimum absolute atomic E-state index is 0.000400. The number of ketones is 2.